The first kappa shape index (κ1) is 19.2. The van der Waals surface area contributed by atoms with E-state index in [9.17, 15) is 4.79 Å². The number of rotatable bonds is 6. The average Bonchev–Trinajstić information content (AvgIpc) is 3.18. The van der Waals surface area contributed by atoms with Gasteiger partial charge in [-0.2, -0.15) is 0 Å². The molecule has 0 unspecified atom stereocenters. The minimum atomic E-state index is -0.0557. The number of carbonyl (C=O) groups is 1. The number of pyridine rings is 1. The molecular formula is C21H25N5O3. The fourth-order valence-electron chi connectivity index (χ4n) is 3.78. The molecule has 1 fully saturated rings. The molecule has 4 rings (SSSR count). The van der Waals surface area contributed by atoms with Gasteiger partial charge in [0.15, 0.2) is 5.65 Å². The highest BCUT2D eigenvalue weighted by Crippen LogP contribution is 2.30. The summed E-state index contributed by atoms with van der Waals surface area (Å²) in [5.41, 5.74) is 1.51. The van der Waals surface area contributed by atoms with Crippen molar-refractivity contribution in [3.05, 3.63) is 48.4 Å². The number of likely N-dealkylation sites (tertiary alicyclic amines) is 1. The van der Waals surface area contributed by atoms with Crippen molar-refractivity contribution in [1.82, 2.24) is 19.5 Å². The highest BCUT2D eigenvalue weighted by Gasteiger charge is 2.25. The lowest BCUT2D eigenvalue weighted by atomic mass is 9.96. The lowest BCUT2D eigenvalue weighted by molar-refractivity contribution is -0.117. The van der Waals surface area contributed by atoms with Crippen molar-refractivity contribution in [2.75, 3.05) is 39.2 Å². The Labute approximate surface area is 169 Å². The van der Waals surface area contributed by atoms with Crippen LogP contribution in [0.25, 0.3) is 5.65 Å². The van der Waals surface area contributed by atoms with Gasteiger partial charge < -0.3 is 14.8 Å². The molecule has 1 aromatic carbocycles. The number of nitrogens with one attached hydrogen (secondary N) is 1. The maximum Gasteiger partial charge on any atom is 0.238 e. The summed E-state index contributed by atoms with van der Waals surface area (Å²) in [5.74, 6) is 2.57. The van der Waals surface area contributed by atoms with Gasteiger partial charge in [0.25, 0.3) is 0 Å². The first-order valence-electron chi connectivity index (χ1n) is 9.72. The van der Waals surface area contributed by atoms with Crippen molar-refractivity contribution >= 4 is 17.2 Å². The van der Waals surface area contributed by atoms with Crippen LogP contribution in [0.15, 0.2) is 42.6 Å². The predicted molar refractivity (Wildman–Crippen MR) is 110 cm³/mol. The van der Waals surface area contributed by atoms with E-state index in [4.69, 9.17) is 9.47 Å². The van der Waals surface area contributed by atoms with Crippen molar-refractivity contribution in [1.29, 1.82) is 0 Å². The van der Waals surface area contributed by atoms with E-state index in [-0.39, 0.29) is 5.91 Å². The zero-order valence-corrected chi connectivity index (χ0v) is 16.7. The number of benzene rings is 1. The Hall–Kier alpha value is -3.13. The predicted octanol–water partition coefficient (Wildman–Crippen LogP) is 2.56. The minimum absolute atomic E-state index is 0.0557. The molecular weight excluding hydrogens is 370 g/mol. The number of anilines is 1. The van der Waals surface area contributed by atoms with Gasteiger partial charge in [0.2, 0.25) is 5.91 Å². The van der Waals surface area contributed by atoms with Gasteiger partial charge in [-0.25, -0.2) is 0 Å². The van der Waals surface area contributed by atoms with E-state index < -0.39 is 0 Å². The highest BCUT2D eigenvalue weighted by atomic mass is 16.5. The summed E-state index contributed by atoms with van der Waals surface area (Å²) < 4.78 is 12.6. The molecule has 8 heteroatoms. The van der Waals surface area contributed by atoms with E-state index in [1.165, 1.54) is 0 Å². The fraction of sp³-hybridized carbons (Fsp3) is 0.381. The highest BCUT2D eigenvalue weighted by molar-refractivity contribution is 5.93. The molecule has 0 spiro atoms. The number of carbonyl (C=O) groups excluding carboxylic acids is 1. The van der Waals surface area contributed by atoms with Crippen LogP contribution < -0.4 is 14.8 Å². The molecule has 1 N–H and O–H groups in total. The maximum atomic E-state index is 12.5. The molecule has 0 atom stereocenters. The second-order valence-electron chi connectivity index (χ2n) is 7.15. The molecule has 0 bridgehead atoms. The van der Waals surface area contributed by atoms with Gasteiger partial charge in [-0.15, -0.1) is 10.2 Å². The molecule has 1 amide bonds. The minimum Gasteiger partial charge on any atom is -0.497 e. The van der Waals surface area contributed by atoms with Crippen molar-refractivity contribution in [2.24, 2.45) is 0 Å². The van der Waals surface area contributed by atoms with E-state index in [1.807, 2.05) is 24.4 Å². The molecule has 1 saturated heterocycles. The quantitative estimate of drug-likeness (QED) is 0.691. The summed E-state index contributed by atoms with van der Waals surface area (Å²) in [6.07, 6.45) is 3.91. The third kappa shape index (κ3) is 4.17. The molecule has 0 radical (unpaired) electrons. The zero-order valence-electron chi connectivity index (χ0n) is 16.7. The molecule has 1 aliphatic heterocycles. The number of ether oxygens (including phenoxy) is 2. The Balaban J connectivity index is 1.33. The van der Waals surface area contributed by atoms with Crippen LogP contribution in [0.2, 0.25) is 0 Å². The first-order valence-corrected chi connectivity index (χ1v) is 9.72. The summed E-state index contributed by atoms with van der Waals surface area (Å²) in [7, 11) is 3.17. The number of amides is 1. The molecule has 2 aromatic heterocycles. The Bertz CT molecular complexity index is 995. The van der Waals surface area contributed by atoms with Crippen LogP contribution >= 0.6 is 0 Å². The Kier molecular flexibility index (Phi) is 5.62. The van der Waals surface area contributed by atoms with Crippen LogP contribution in [-0.4, -0.2) is 59.3 Å². The molecule has 29 heavy (non-hydrogen) atoms. The van der Waals surface area contributed by atoms with Gasteiger partial charge >= 0.3 is 0 Å². The topological polar surface area (TPSA) is 81.0 Å². The maximum absolute atomic E-state index is 12.5. The molecule has 8 nitrogen and oxygen atoms in total. The SMILES string of the molecule is COc1ccc(NC(=O)CN2CCC(c3nnc4ccccn34)CC2)c(OC)c1. The summed E-state index contributed by atoms with van der Waals surface area (Å²) >= 11 is 0. The number of hydrogen-bond acceptors (Lipinski definition) is 6. The van der Waals surface area contributed by atoms with E-state index in [0.717, 1.165) is 37.4 Å². The number of fused-ring (bicyclic) bond motifs is 1. The third-order valence-corrected chi connectivity index (χ3v) is 5.34. The van der Waals surface area contributed by atoms with Crippen LogP contribution in [-0.2, 0) is 4.79 Å². The summed E-state index contributed by atoms with van der Waals surface area (Å²) in [6.45, 7) is 2.04. The number of methoxy groups -OCH3 is 2. The van der Waals surface area contributed by atoms with Gasteiger partial charge in [0.05, 0.1) is 26.5 Å². The lowest BCUT2D eigenvalue weighted by Crippen LogP contribution is -2.39. The second-order valence-corrected chi connectivity index (χ2v) is 7.15. The van der Waals surface area contributed by atoms with Gasteiger partial charge in [0, 0.05) is 18.2 Å². The van der Waals surface area contributed by atoms with E-state index >= 15 is 0 Å². The molecule has 3 heterocycles. The molecule has 0 saturated carbocycles. The summed E-state index contributed by atoms with van der Waals surface area (Å²) in [5, 5.41) is 11.6. The van der Waals surface area contributed by atoms with Crippen molar-refractivity contribution in [2.45, 2.75) is 18.8 Å². The van der Waals surface area contributed by atoms with E-state index in [1.54, 1.807) is 32.4 Å². The fourth-order valence-corrected chi connectivity index (χ4v) is 3.78. The Morgan fingerprint density at radius 1 is 1.14 bits per heavy atom. The lowest BCUT2D eigenvalue weighted by Gasteiger charge is -2.30. The summed E-state index contributed by atoms with van der Waals surface area (Å²) in [6, 6.07) is 11.3. The van der Waals surface area contributed by atoms with Crippen LogP contribution in [0.4, 0.5) is 5.69 Å². The standard InChI is InChI=1S/C21H25N5O3/c1-28-16-6-7-17(18(13-16)29-2)22-20(27)14-25-11-8-15(9-12-25)21-24-23-19-5-3-4-10-26(19)21/h3-7,10,13,15H,8-9,11-12,14H2,1-2H3,(H,22,27). The van der Waals surface area contributed by atoms with Crippen molar-refractivity contribution in [3.8, 4) is 11.5 Å². The third-order valence-electron chi connectivity index (χ3n) is 5.34. The number of aromatic nitrogens is 3. The van der Waals surface area contributed by atoms with Gasteiger partial charge in [-0.1, -0.05) is 6.07 Å². The monoisotopic (exact) mass is 395 g/mol. The number of piperidine rings is 1. The Morgan fingerprint density at radius 2 is 1.97 bits per heavy atom. The zero-order chi connectivity index (χ0) is 20.2. The van der Waals surface area contributed by atoms with E-state index in [2.05, 4.69) is 24.8 Å². The molecule has 0 aliphatic carbocycles. The van der Waals surface area contributed by atoms with Gasteiger partial charge in [-0.3, -0.25) is 14.1 Å². The van der Waals surface area contributed by atoms with Crippen LogP contribution in [0.5, 0.6) is 11.5 Å². The molecule has 152 valence electrons. The smallest absolute Gasteiger partial charge is 0.238 e. The average molecular weight is 395 g/mol. The largest absolute Gasteiger partial charge is 0.497 e. The molecule has 1 aliphatic rings. The number of nitrogens with zero attached hydrogens (tertiary/aromatic N) is 4. The van der Waals surface area contributed by atoms with Gasteiger partial charge in [0.1, 0.15) is 17.3 Å². The number of hydrogen-bond donors (Lipinski definition) is 1. The van der Waals surface area contributed by atoms with Crippen LogP contribution in [0.3, 0.4) is 0 Å². The van der Waals surface area contributed by atoms with Crippen LogP contribution in [0.1, 0.15) is 24.6 Å². The van der Waals surface area contributed by atoms with Gasteiger partial charge in [-0.05, 0) is 50.2 Å². The molecule has 3 aromatic rings. The van der Waals surface area contributed by atoms with Crippen molar-refractivity contribution in [3.63, 3.8) is 0 Å². The Morgan fingerprint density at radius 3 is 2.72 bits per heavy atom. The normalized spacial score (nSPS) is 15.4. The first-order chi connectivity index (χ1) is 14.2. The van der Waals surface area contributed by atoms with Crippen molar-refractivity contribution < 1.29 is 14.3 Å². The van der Waals surface area contributed by atoms with Crippen LogP contribution in [0, 0.1) is 0 Å². The summed E-state index contributed by atoms with van der Waals surface area (Å²) in [4.78, 5) is 14.7. The second kappa shape index (κ2) is 8.48. The van der Waals surface area contributed by atoms with E-state index in [0.29, 0.717) is 29.6 Å².